The molecule has 2 aromatic carbocycles. The van der Waals surface area contributed by atoms with Gasteiger partial charge in [-0.3, -0.25) is 0 Å². The maximum Gasteiger partial charge on any atom is 0.209 e. The maximum atomic E-state index is 12.7. The van der Waals surface area contributed by atoms with Gasteiger partial charge in [0.15, 0.2) is 0 Å². The van der Waals surface area contributed by atoms with Crippen LogP contribution in [-0.4, -0.2) is 28.6 Å². The van der Waals surface area contributed by atoms with Crippen LogP contribution in [0.2, 0.25) is 0 Å². The molecule has 0 unspecified atom stereocenters. The van der Waals surface area contributed by atoms with Crippen molar-refractivity contribution in [2.24, 2.45) is 0 Å². The van der Waals surface area contributed by atoms with E-state index in [1.807, 2.05) is 32.9 Å². The molecular formula is C18H20N4O2S2. The summed E-state index contributed by atoms with van der Waals surface area (Å²) in [6, 6.07) is 14.0. The Bertz CT molecular complexity index is 979. The van der Waals surface area contributed by atoms with E-state index in [1.165, 1.54) is 11.8 Å². The van der Waals surface area contributed by atoms with E-state index in [-0.39, 0.29) is 6.04 Å². The summed E-state index contributed by atoms with van der Waals surface area (Å²) >= 11 is 1.52. The summed E-state index contributed by atoms with van der Waals surface area (Å²) in [5.41, 5.74) is 2.04. The van der Waals surface area contributed by atoms with Gasteiger partial charge in [0, 0.05) is 5.75 Å². The van der Waals surface area contributed by atoms with Crippen molar-refractivity contribution in [1.82, 2.24) is 20.2 Å². The Balaban J connectivity index is 1.74. The fraction of sp³-hybridized carbons (Fsp3) is 0.278. The summed E-state index contributed by atoms with van der Waals surface area (Å²) in [6.07, 6.45) is 0. The van der Waals surface area contributed by atoms with E-state index in [9.17, 15) is 8.42 Å². The number of sulfone groups is 1. The molecule has 26 heavy (non-hydrogen) atoms. The second-order valence-electron chi connectivity index (χ2n) is 6.25. The van der Waals surface area contributed by atoms with Crippen LogP contribution in [0.25, 0.3) is 0 Å². The monoisotopic (exact) mass is 388 g/mol. The second kappa shape index (κ2) is 7.59. The average Bonchev–Trinajstić information content (AvgIpc) is 3.09. The average molecular weight is 389 g/mol. The fourth-order valence-corrected chi connectivity index (χ4v) is 4.59. The van der Waals surface area contributed by atoms with Gasteiger partial charge in [0.25, 0.3) is 0 Å². The highest BCUT2D eigenvalue weighted by Crippen LogP contribution is 2.25. The first-order chi connectivity index (χ1) is 12.4. The van der Waals surface area contributed by atoms with E-state index in [0.717, 1.165) is 16.3 Å². The lowest BCUT2D eigenvalue weighted by Gasteiger charge is -2.08. The molecule has 0 aliphatic carbocycles. The van der Waals surface area contributed by atoms with Crippen LogP contribution < -0.4 is 0 Å². The Labute approximate surface area is 157 Å². The molecule has 6 nitrogen and oxygen atoms in total. The van der Waals surface area contributed by atoms with Crippen molar-refractivity contribution in [3.8, 4) is 0 Å². The zero-order valence-corrected chi connectivity index (χ0v) is 16.5. The van der Waals surface area contributed by atoms with E-state index in [4.69, 9.17) is 0 Å². The van der Waals surface area contributed by atoms with Gasteiger partial charge in [0.05, 0.1) is 15.8 Å². The molecule has 1 heterocycles. The molecule has 3 aromatic rings. The van der Waals surface area contributed by atoms with Gasteiger partial charge in [-0.15, -0.1) is 5.10 Å². The molecule has 8 heteroatoms. The number of hydrogen-bond acceptors (Lipinski definition) is 6. The van der Waals surface area contributed by atoms with Crippen molar-refractivity contribution in [3.05, 3.63) is 59.7 Å². The molecule has 0 amide bonds. The predicted octanol–water partition coefficient (Wildman–Crippen LogP) is 3.69. The summed E-state index contributed by atoms with van der Waals surface area (Å²) in [5, 5.41) is 12.4. The number of aryl methyl sites for hydroxylation is 1. The van der Waals surface area contributed by atoms with Crippen LogP contribution >= 0.6 is 11.8 Å². The molecule has 0 N–H and O–H groups in total. The molecule has 0 saturated carbocycles. The van der Waals surface area contributed by atoms with Gasteiger partial charge in [-0.25, -0.2) is 13.1 Å². The van der Waals surface area contributed by atoms with Crippen molar-refractivity contribution in [3.63, 3.8) is 0 Å². The van der Waals surface area contributed by atoms with Gasteiger partial charge in [-0.2, -0.15) is 0 Å². The van der Waals surface area contributed by atoms with Crippen molar-refractivity contribution < 1.29 is 8.42 Å². The van der Waals surface area contributed by atoms with Crippen LogP contribution in [0, 0.1) is 6.92 Å². The molecule has 0 bridgehead atoms. The Kier molecular flexibility index (Phi) is 5.43. The number of aromatic nitrogens is 4. The highest BCUT2D eigenvalue weighted by molar-refractivity contribution is 7.98. The molecule has 0 aliphatic heterocycles. The molecule has 0 aliphatic rings. The number of thioether (sulfide) groups is 1. The zero-order valence-electron chi connectivity index (χ0n) is 14.8. The van der Waals surface area contributed by atoms with E-state index in [1.54, 1.807) is 41.1 Å². The number of hydrogen-bond donors (Lipinski definition) is 0. The third-order valence-corrected chi connectivity index (χ3v) is 6.67. The van der Waals surface area contributed by atoms with Crippen LogP contribution in [0.3, 0.4) is 0 Å². The Hall–Kier alpha value is -2.19. The van der Waals surface area contributed by atoms with Crippen LogP contribution in [0.5, 0.6) is 0 Å². The largest absolute Gasteiger partial charge is 0.219 e. The zero-order chi connectivity index (χ0) is 18.7. The maximum absolute atomic E-state index is 12.7. The van der Waals surface area contributed by atoms with Crippen molar-refractivity contribution in [1.29, 1.82) is 0 Å². The minimum atomic E-state index is -3.49. The summed E-state index contributed by atoms with van der Waals surface area (Å²) < 4.78 is 27.1. The number of nitrogens with zero attached hydrogens (tertiary/aromatic N) is 4. The number of benzene rings is 2. The van der Waals surface area contributed by atoms with Gasteiger partial charge >= 0.3 is 0 Å². The minimum Gasteiger partial charge on any atom is -0.219 e. The van der Waals surface area contributed by atoms with E-state index >= 15 is 0 Å². The van der Waals surface area contributed by atoms with Crippen LogP contribution in [0.15, 0.2) is 63.5 Å². The predicted molar refractivity (Wildman–Crippen MR) is 101 cm³/mol. The first kappa shape index (κ1) is 18.6. The normalized spacial score (nSPS) is 11.8. The van der Waals surface area contributed by atoms with Gasteiger partial charge in [0.2, 0.25) is 15.0 Å². The van der Waals surface area contributed by atoms with E-state index in [0.29, 0.717) is 15.5 Å². The van der Waals surface area contributed by atoms with E-state index in [2.05, 4.69) is 15.5 Å². The molecule has 0 atom stereocenters. The molecule has 0 saturated heterocycles. The first-order valence-electron chi connectivity index (χ1n) is 8.19. The molecular weight excluding hydrogens is 368 g/mol. The van der Waals surface area contributed by atoms with Gasteiger partial charge < -0.3 is 0 Å². The SMILES string of the molecule is Cc1ccc(S(=O)(=O)c2ccc(CSc3nnnn3C(C)C)cc2)cc1. The topological polar surface area (TPSA) is 77.7 Å². The Morgan fingerprint density at radius 2 is 1.58 bits per heavy atom. The fourth-order valence-electron chi connectivity index (χ4n) is 2.37. The number of rotatable bonds is 6. The Morgan fingerprint density at radius 1 is 1.00 bits per heavy atom. The highest BCUT2D eigenvalue weighted by Gasteiger charge is 2.17. The standard InChI is InChI=1S/C18H20N4O2S2/c1-13(2)22-18(19-20-21-22)25-12-15-6-10-17(11-7-15)26(23,24)16-8-4-14(3)5-9-16/h4-11,13H,12H2,1-3H3. The molecule has 136 valence electrons. The lowest BCUT2D eigenvalue weighted by Crippen LogP contribution is -2.04. The highest BCUT2D eigenvalue weighted by atomic mass is 32.2. The third-order valence-electron chi connectivity index (χ3n) is 3.88. The molecule has 0 fully saturated rings. The van der Waals surface area contributed by atoms with Gasteiger partial charge in [0.1, 0.15) is 0 Å². The second-order valence-corrected chi connectivity index (χ2v) is 9.14. The lowest BCUT2D eigenvalue weighted by atomic mass is 10.2. The smallest absolute Gasteiger partial charge is 0.209 e. The molecule has 0 spiro atoms. The summed E-state index contributed by atoms with van der Waals surface area (Å²) in [7, 11) is -3.49. The summed E-state index contributed by atoms with van der Waals surface area (Å²) in [5.74, 6) is 0.665. The first-order valence-corrected chi connectivity index (χ1v) is 10.7. The van der Waals surface area contributed by atoms with Crippen LogP contribution in [0.4, 0.5) is 0 Å². The molecule has 1 aromatic heterocycles. The lowest BCUT2D eigenvalue weighted by molar-refractivity contribution is 0.477. The van der Waals surface area contributed by atoms with Crippen LogP contribution in [0.1, 0.15) is 31.0 Å². The molecule has 0 radical (unpaired) electrons. The Morgan fingerprint density at radius 3 is 2.15 bits per heavy atom. The van der Waals surface area contributed by atoms with Gasteiger partial charge in [-0.05, 0) is 61.0 Å². The van der Waals surface area contributed by atoms with Gasteiger partial charge in [-0.1, -0.05) is 41.6 Å². The summed E-state index contributed by atoms with van der Waals surface area (Å²) in [4.78, 5) is 0.600. The molecule has 3 rings (SSSR count). The minimum absolute atomic E-state index is 0.189. The third kappa shape index (κ3) is 3.96. The quantitative estimate of drug-likeness (QED) is 0.599. The van der Waals surface area contributed by atoms with E-state index < -0.39 is 9.84 Å². The van der Waals surface area contributed by atoms with Crippen molar-refractivity contribution >= 4 is 21.6 Å². The van der Waals surface area contributed by atoms with Crippen LogP contribution in [-0.2, 0) is 15.6 Å². The summed E-state index contributed by atoms with van der Waals surface area (Å²) in [6.45, 7) is 5.97. The number of tetrazole rings is 1. The van der Waals surface area contributed by atoms with Crippen molar-refractivity contribution in [2.75, 3.05) is 0 Å². The van der Waals surface area contributed by atoms with Crippen molar-refractivity contribution in [2.45, 2.75) is 47.5 Å².